The van der Waals surface area contributed by atoms with Crippen LogP contribution in [0.2, 0.25) is 0 Å². The number of aryl methyl sites for hydroxylation is 1. The highest BCUT2D eigenvalue weighted by molar-refractivity contribution is 5.69. The Kier molecular flexibility index (Phi) is 10.4. The molecule has 0 aliphatic rings. The Labute approximate surface area is 136 Å². The van der Waals surface area contributed by atoms with E-state index >= 15 is 0 Å². The third-order valence-corrected chi connectivity index (χ3v) is 3.83. The fourth-order valence-corrected chi connectivity index (χ4v) is 2.52. The van der Waals surface area contributed by atoms with Gasteiger partial charge in [0.25, 0.3) is 0 Å². The molecule has 0 amide bonds. The van der Waals surface area contributed by atoms with Crippen molar-refractivity contribution in [3.63, 3.8) is 0 Å². The molecule has 0 aliphatic heterocycles. The molecule has 2 heteroatoms. The first-order valence-corrected chi connectivity index (χ1v) is 8.84. The van der Waals surface area contributed by atoms with E-state index in [9.17, 15) is 4.79 Å². The van der Waals surface area contributed by atoms with Crippen LogP contribution in [0.1, 0.15) is 76.3 Å². The normalized spacial score (nSPS) is 10.6. The molecule has 0 saturated carbocycles. The van der Waals surface area contributed by atoms with E-state index in [1.807, 2.05) is 6.92 Å². The van der Waals surface area contributed by atoms with Gasteiger partial charge in [-0.3, -0.25) is 4.79 Å². The molecule has 0 bridgehead atoms. The van der Waals surface area contributed by atoms with Crippen LogP contribution in [0.5, 0.6) is 0 Å². The van der Waals surface area contributed by atoms with Crippen molar-refractivity contribution in [2.24, 2.45) is 0 Å². The van der Waals surface area contributed by atoms with Gasteiger partial charge in [0.15, 0.2) is 0 Å². The molecule has 0 saturated heterocycles. The van der Waals surface area contributed by atoms with Crippen molar-refractivity contribution in [1.29, 1.82) is 0 Å². The first-order chi connectivity index (χ1) is 10.8. The van der Waals surface area contributed by atoms with E-state index in [2.05, 4.69) is 37.6 Å². The lowest BCUT2D eigenvalue weighted by Crippen LogP contribution is -2.03. The summed E-state index contributed by atoms with van der Waals surface area (Å²) in [4.78, 5) is 11.3. The van der Waals surface area contributed by atoms with E-state index in [1.165, 1.54) is 56.1 Å². The molecule has 2 nitrogen and oxygen atoms in total. The van der Waals surface area contributed by atoms with Crippen LogP contribution in [0.15, 0.2) is 24.3 Å². The highest BCUT2D eigenvalue weighted by Gasteiger charge is 2.02. The first kappa shape index (κ1) is 18.7. The summed E-state index contributed by atoms with van der Waals surface area (Å²) in [5.74, 6) is -0.113. The fraction of sp³-hybridized carbons (Fsp3) is 0.600. The Bertz CT molecular complexity index is 395. The number of unbranched alkanes of at least 4 members (excludes halogenated alkanes) is 5. The predicted molar refractivity (Wildman–Crippen MR) is 92.8 cm³/mol. The Hall–Kier alpha value is -1.31. The minimum Gasteiger partial charge on any atom is -0.466 e. The molecule has 123 valence electrons. The SMILES string of the molecule is CCCCCCCCc1ccc([CH]CCC(=O)OCC)cc1. The van der Waals surface area contributed by atoms with Crippen molar-refractivity contribution in [2.45, 2.75) is 71.6 Å². The Balaban J connectivity index is 2.15. The summed E-state index contributed by atoms with van der Waals surface area (Å²) in [5.41, 5.74) is 2.61. The molecule has 22 heavy (non-hydrogen) atoms. The molecule has 0 unspecified atom stereocenters. The lowest BCUT2D eigenvalue weighted by Gasteiger charge is -2.05. The Morgan fingerprint density at radius 2 is 1.68 bits per heavy atom. The quantitative estimate of drug-likeness (QED) is 0.377. The third-order valence-electron chi connectivity index (χ3n) is 3.83. The Morgan fingerprint density at radius 1 is 1.00 bits per heavy atom. The van der Waals surface area contributed by atoms with Crippen LogP contribution in [-0.4, -0.2) is 12.6 Å². The molecule has 0 aliphatic carbocycles. The third kappa shape index (κ3) is 8.86. The van der Waals surface area contributed by atoms with Crippen LogP contribution in [0, 0.1) is 6.42 Å². The molecule has 1 aromatic carbocycles. The van der Waals surface area contributed by atoms with Gasteiger partial charge in [-0.25, -0.2) is 0 Å². The number of carbonyl (C=O) groups excluding carboxylic acids is 1. The van der Waals surface area contributed by atoms with Crippen molar-refractivity contribution < 1.29 is 9.53 Å². The van der Waals surface area contributed by atoms with Gasteiger partial charge >= 0.3 is 5.97 Å². The summed E-state index contributed by atoms with van der Waals surface area (Å²) in [6, 6.07) is 8.72. The van der Waals surface area contributed by atoms with Gasteiger partial charge in [0.1, 0.15) is 0 Å². The molecular weight excluding hydrogens is 272 g/mol. The number of hydrogen-bond donors (Lipinski definition) is 0. The molecular formula is C20H31O2. The fourth-order valence-electron chi connectivity index (χ4n) is 2.52. The number of carbonyl (C=O) groups is 1. The van der Waals surface area contributed by atoms with Crippen LogP contribution in [0.3, 0.4) is 0 Å². The monoisotopic (exact) mass is 303 g/mol. The van der Waals surface area contributed by atoms with Gasteiger partial charge in [-0.15, -0.1) is 0 Å². The van der Waals surface area contributed by atoms with E-state index in [-0.39, 0.29) is 5.97 Å². The first-order valence-electron chi connectivity index (χ1n) is 8.84. The zero-order chi connectivity index (χ0) is 16.0. The topological polar surface area (TPSA) is 26.3 Å². The van der Waals surface area contributed by atoms with Gasteiger partial charge in [-0.05, 0) is 43.7 Å². The lowest BCUT2D eigenvalue weighted by molar-refractivity contribution is -0.143. The number of hydrogen-bond acceptors (Lipinski definition) is 2. The summed E-state index contributed by atoms with van der Waals surface area (Å²) in [7, 11) is 0. The molecule has 1 rings (SSSR count). The average Bonchev–Trinajstić information content (AvgIpc) is 2.52. The highest BCUT2D eigenvalue weighted by Crippen LogP contribution is 2.13. The smallest absolute Gasteiger partial charge is 0.305 e. The maximum atomic E-state index is 11.3. The summed E-state index contributed by atoms with van der Waals surface area (Å²) < 4.78 is 4.92. The summed E-state index contributed by atoms with van der Waals surface area (Å²) >= 11 is 0. The summed E-state index contributed by atoms with van der Waals surface area (Å²) in [6.07, 6.45) is 12.6. The number of ether oxygens (including phenoxy) is 1. The second-order valence-corrected chi connectivity index (χ2v) is 5.81. The standard InChI is InChI=1S/C20H31O2/c1-3-5-6-7-8-9-11-18-14-16-19(17-15-18)12-10-13-20(21)22-4-2/h12,14-17H,3-11,13H2,1-2H3. The molecule has 1 radical (unpaired) electrons. The van der Waals surface area contributed by atoms with Crippen molar-refractivity contribution in [1.82, 2.24) is 0 Å². The van der Waals surface area contributed by atoms with Crippen LogP contribution >= 0.6 is 0 Å². The van der Waals surface area contributed by atoms with Gasteiger partial charge in [0, 0.05) is 6.42 Å². The van der Waals surface area contributed by atoms with Crippen LogP contribution in [0.25, 0.3) is 0 Å². The Morgan fingerprint density at radius 3 is 2.36 bits per heavy atom. The molecule has 0 N–H and O–H groups in total. The molecule has 1 aromatic rings. The van der Waals surface area contributed by atoms with Crippen molar-refractivity contribution in [2.75, 3.05) is 6.61 Å². The van der Waals surface area contributed by atoms with Crippen LogP contribution in [-0.2, 0) is 16.0 Å². The second-order valence-electron chi connectivity index (χ2n) is 5.81. The van der Waals surface area contributed by atoms with E-state index in [4.69, 9.17) is 4.74 Å². The van der Waals surface area contributed by atoms with Crippen molar-refractivity contribution >= 4 is 5.97 Å². The summed E-state index contributed by atoms with van der Waals surface area (Å²) in [6.45, 7) is 4.56. The summed E-state index contributed by atoms with van der Waals surface area (Å²) in [5, 5.41) is 0. The van der Waals surface area contributed by atoms with E-state index < -0.39 is 0 Å². The molecule has 0 atom stereocenters. The van der Waals surface area contributed by atoms with Gasteiger partial charge in [0.05, 0.1) is 6.61 Å². The van der Waals surface area contributed by atoms with Crippen molar-refractivity contribution in [3.8, 4) is 0 Å². The largest absolute Gasteiger partial charge is 0.466 e. The van der Waals surface area contributed by atoms with E-state index in [0.717, 1.165) is 6.42 Å². The minimum atomic E-state index is -0.113. The van der Waals surface area contributed by atoms with Crippen LogP contribution in [0.4, 0.5) is 0 Å². The number of rotatable bonds is 12. The second kappa shape index (κ2) is 12.3. The lowest BCUT2D eigenvalue weighted by atomic mass is 10.0. The zero-order valence-electron chi connectivity index (χ0n) is 14.3. The van der Waals surface area contributed by atoms with Gasteiger partial charge in [0.2, 0.25) is 0 Å². The minimum absolute atomic E-state index is 0.113. The average molecular weight is 303 g/mol. The van der Waals surface area contributed by atoms with Gasteiger partial charge in [-0.2, -0.15) is 0 Å². The van der Waals surface area contributed by atoms with Gasteiger partial charge < -0.3 is 4.74 Å². The number of esters is 1. The number of benzene rings is 1. The van der Waals surface area contributed by atoms with E-state index in [1.54, 1.807) is 0 Å². The highest BCUT2D eigenvalue weighted by atomic mass is 16.5. The molecule has 0 spiro atoms. The van der Waals surface area contributed by atoms with E-state index in [0.29, 0.717) is 13.0 Å². The molecule has 0 fully saturated rings. The van der Waals surface area contributed by atoms with Crippen molar-refractivity contribution in [3.05, 3.63) is 41.8 Å². The maximum Gasteiger partial charge on any atom is 0.305 e. The molecule has 0 heterocycles. The van der Waals surface area contributed by atoms with Crippen LogP contribution < -0.4 is 0 Å². The predicted octanol–water partition coefficient (Wildman–Crippen LogP) is 5.49. The van der Waals surface area contributed by atoms with Gasteiger partial charge in [-0.1, -0.05) is 63.3 Å². The maximum absolute atomic E-state index is 11.3. The molecule has 0 aromatic heterocycles. The zero-order valence-corrected chi connectivity index (χ0v) is 14.3.